The van der Waals surface area contributed by atoms with Crippen LogP contribution < -0.4 is 0 Å². The number of ether oxygens (including phenoxy) is 1. The number of nitro groups is 1. The van der Waals surface area contributed by atoms with E-state index in [2.05, 4.69) is 0 Å². The van der Waals surface area contributed by atoms with Crippen molar-refractivity contribution in [3.05, 3.63) is 88.3 Å². The van der Waals surface area contributed by atoms with E-state index in [1.165, 1.54) is 36.1 Å². The molecule has 2 heterocycles. The van der Waals surface area contributed by atoms with Gasteiger partial charge in [0.25, 0.3) is 11.6 Å². The molecule has 0 atom stereocenters. The lowest BCUT2D eigenvalue weighted by Gasteiger charge is -2.01. The molecule has 0 amide bonds. The first kappa shape index (κ1) is 18.2. The summed E-state index contributed by atoms with van der Waals surface area (Å²) in [5, 5.41) is 11.6. The fraction of sp³-hybridized carbons (Fsp3) is 0.0476. The number of benzene rings is 2. The highest BCUT2D eigenvalue weighted by Crippen LogP contribution is 2.28. The number of esters is 1. The third kappa shape index (κ3) is 3.16. The van der Waals surface area contributed by atoms with Crippen molar-refractivity contribution in [3.8, 4) is 11.3 Å². The summed E-state index contributed by atoms with van der Waals surface area (Å²) in [5.41, 5.74) is 1.20. The predicted octanol–water partition coefficient (Wildman–Crippen LogP) is 4.28. The van der Waals surface area contributed by atoms with Gasteiger partial charge in [0.2, 0.25) is 0 Å². The molecule has 0 saturated heterocycles. The number of hydrogen-bond donors (Lipinski definition) is 0. The maximum atomic E-state index is 13.0. The highest BCUT2D eigenvalue weighted by atomic mass is 16.6. The second kappa shape index (κ2) is 7.08. The Hall–Kier alpha value is -4.20. The number of furan rings is 1. The van der Waals surface area contributed by atoms with Gasteiger partial charge in [0.05, 0.1) is 23.1 Å². The van der Waals surface area contributed by atoms with Gasteiger partial charge in [-0.05, 0) is 18.2 Å². The molecule has 0 aliphatic rings. The molecule has 0 unspecified atom stereocenters. The summed E-state index contributed by atoms with van der Waals surface area (Å²) in [6.45, 7) is 0. The SMILES string of the molecule is COC(=O)c1cn(C(=O)c2ccc(-c3cccc([N+](=O)[O-])c3)o2)c2ccccc12. The Bertz CT molecular complexity index is 1270. The minimum absolute atomic E-state index is 0.0312. The fourth-order valence-corrected chi connectivity index (χ4v) is 3.12. The number of nitrogens with zero attached hydrogens (tertiary/aromatic N) is 2. The van der Waals surface area contributed by atoms with Crippen molar-refractivity contribution < 1.29 is 23.7 Å². The van der Waals surface area contributed by atoms with Gasteiger partial charge in [-0.1, -0.05) is 30.3 Å². The van der Waals surface area contributed by atoms with Crippen LogP contribution in [-0.4, -0.2) is 28.5 Å². The molecule has 0 spiro atoms. The molecule has 0 bridgehead atoms. The van der Waals surface area contributed by atoms with Gasteiger partial charge in [-0.3, -0.25) is 19.5 Å². The Kier molecular flexibility index (Phi) is 4.44. The van der Waals surface area contributed by atoms with Crippen LogP contribution in [0.15, 0.2) is 71.3 Å². The van der Waals surface area contributed by atoms with E-state index >= 15 is 0 Å². The molecule has 8 heteroatoms. The number of aromatic nitrogens is 1. The van der Waals surface area contributed by atoms with Crippen molar-refractivity contribution in [1.29, 1.82) is 0 Å². The van der Waals surface area contributed by atoms with E-state index < -0.39 is 16.8 Å². The second-order valence-corrected chi connectivity index (χ2v) is 6.20. The number of non-ortho nitro benzene ring substituents is 1. The molecule has 29 heavy (non-hydrogen) atoms. The average molecular weight is 390 g/mol. The molecule has 4 rings (SSSR count). The van der Waals surface area contributed by atoms with Gasteiger partial charge in [-0.15, -0.1) is 0 Å². The Morgan fingerprint density at radius 3 is 2.62 bits per heavy atom. The van der Waals surface area contributed by atoms with Crippen LogP contribution >= 0.6 is 0 Å². The molecule has 0 aliphatic heterocycles. The lowest BCUT2D eigenvalue weighted by molar-refractivity contribution is -0.384. The van der Waals surface area contributed by atoms with E-state index in [0.29, 0.717) is 22.2 Å². The molecule has 144 valence electrons. The first-order valence-electron chi connectivity index (χ1n) is 8.57. The summed E-state index contributed by atoms with van der Waals surface area (Å²) in [6.07, 6.45) is 1.41. The predicted molar refractivity (Wildman–Crippen MR) is 104 cm³/mol. The fourth-order valence-electron chi connectivity index (χ4n) is 3.12. The summed E-state index contributed by atoms with van der Waals surface area (Å²) < 4.78 is 11.8. The van der Waals surface area contributed by atoms with E-state index in [4.69, 9.17) is 9.15 Å². The van der Waals surface area contributed by atoms with Crippen molar-refractivity contribution in [1.82, 2.24) is 4.57 Å². The number of fused-ring (bicyclic) bond motifs is 1. The Morgan fingerprint density at radius 2 is 1.86 bits per heavy atom. The van der Waals surface area contributed by atoms with Crippen LogP contribution in [0.2, 0.25) is 0 Å². The van der Waals surface area contributed by atoms with E-state index in [-0.39, 0.29) is 17.0 Å². The number of methoxy groups -OCH3 is 1. The zero-order chi connectivity index (χ0) is 20.5. The number of para-hydroxylation sites is 1. The average Bonchev–Trinajstić information content (AvgIpc) is 3.38. The molecule has 0 N–H and O–H groups in total. The normalized spacial score (nSPS) is 10.8. The summed E-state index contributed by atoms with van der Waals surface area (Å²) in [7, 11) is 1.27. The van der Waals surface area contributed by atoms with Crippen LogP contribution in [0.1, 0.15) is 20.9 Å². The molecule has 4 aromatic rings. The number of nitro benzene ring substituents is 1. The van der Waals surface area contributed by atoms with Crippen LogP contribution in [0, 0.1) is 10.1 Å². The van der Waals surface area contributed by atoms with E-state index in [0.717, 1.165) is 0 Å². The van der Waals surface area contributed by atoms with E-state index in [9.17, 15) is 19.7 Å². The number of carbonyl (C=O) groups is 2. The summed E-state index contributed by atoms with van der Waals surface area (Å²) in [6, 6.07) is 15.9. The van der Waals surface area contributed by atoms with Gasteiger partial charge >= 0.3 is 5.97 Å². The molecule has 8 nitrogen and oxygen atoms in total. The Balaban J connectivity index is 1.75. The van der Waals surface area contributed by atoms with Gasteiger partial charge in [0.15, 0.2) is 5.76 Å². The largest absolute Gasteiger partial charge is 0.465 e. The minimum Gasteiger partial charge on any atom is -0.465 e. The van der Waals surface area contributed by atoms with Crippen molar-refractivity contribution in [3.63, 3.8) is 0 Å². The third-order valence-corrected chi connectivity index (χ3v) is 4.49. The molecule has 0 fully saturated rings. The number of rotatable bonds is 4. The van der Waals surface area contributed by atoms with Crippen LogP contribution in [0.5, 0.6) is 0 Å². The lowest BCUT2D eigenvalue weighted by Crippen LogP contribution is -2.10. The smallest absolute Gasteiger partial charge is 0.340 e. The first-order valence-corrected chi connectivity index (χ1v) is 8.57. The van der Waals surface area contributed by atoms with Gasteiger partial charge in [0, 0.05) is 29.3 Å². The molecule has 0 radical (unpaired) electrons. The van der Waals surface area contributed by atoms with Crippen LogP contribution in [0.25, 0.3) is 22.2 Å². The van der Waals surface area contributed by atoms with Gasteiger partial charge in [0.1, 0.15) is 5.76 Å². The molecule has 2 aromatic heterocycles. The zero-order valence-electron chi connectivity index (χ0n) is 15.2. The first-order chi connectivity index (χ1) is 14.0. The number of hydrogen-bond acceptors (Lipinski definition) is 6. The topological polar surface area (TPSA) is 105 Å². The Labute approximate surface area is 164 Å². The second-order valence-electron chi connectivity index (χ2n) is 6.20. The van der Waals surface area contributed by atoms with Crippen molar-refractivity contribution in [2.75, 3.05) is 7.11 Å². The van der Waals surface area contributed by atoms with E-state index in [1.54, 1.807) is 42.5 Å². The van der Waals surface area contributed by atoms with Crippen molar-refractivity contribution in [2.24, 2.45) is 0 Å². The minimum atomic E-state index is -0.551. The maximum absolute atomic E-state index is 13.0. The zero-order valence-corrected chi connectivity index (χ0v) is 15.2. The van der Waals surface area contributed by atoms with Crippen LogP contribution in [-0.2, 0) is 4.74 Å². The summed E-state index contributed by atoms with van der Waals surface area (Å²) >= 11 is 0. The molecular weight excluding hydrogens is 376 g/mol. The van der Waals surface area contributed by atoms with Crippen molar-refractivity contribution >= 4 is 28.5 Å². The molecule has 0 saturated carbocycles. The molecule has 2 aromatic carbocycles. The summed E-state index contributed by atoms with van der Waals surface area (Å²) in [4.78, 5) is 35.5. The summed E-state index contributed by atoms with van der Waals surface area (Å²) in [5.74, 6) is -0.678. The maximum Gasteiger partial charge on any atom is 0.340 e. The van der Waals surface area contributed by atoms with Gasteiger partial charge in [-0.25, -0.2) is 4.79 Å². The third-order valence-electron chi connectivity index (χ3n) is 4.49. The molecular formula is C21H14N2O6. The van der Waals surface area contributed by atoms with E-state index in [1.807, 2.05) is 0 Å². The van der Waals surface area contributed by atoms with Gasteiger partial charge in [-0.2, -0.15) is 0 Å². The lowest BCUT2D eigenvalue weighted by atomic mass is 10.1. The highest BCUT2D eigenvalue weighted by Gasteiger charge is 2.22. The highest BCUT2D eigenvalue weighted by molar-refractivity contribution is 6.09. The van der Waals surface area contributed by atoms with Crippen molar-refractivity contribution in [2.45, 2.75) is 0 Å². The van der Waals surface area contributed by atoms with Crippen LogP contribution in [0.4, 0.5) is 5.69 Å². The van der Waals surface area contributed by atoms with Crippen LogP contribution in [0.3, 0.4) is 0 Å². The standard InChI is InChI=1S/C21H14N2O6/c1-28-21(25)16-12-22(17-8-3-2-7-15(16)17)20(24)19-10-9-18(29-19)13-5-4-6-14(11-13)23(26)27/h2-12H,1H3. The molecule has 0 aliphatic carbocycles. The number of carbonyl (C=O) groups excluding carboxylic acids is 2. The quantitative estimate of drug-likeness (QED) is 0.292. The van der Waals surface area contributed by atoms with Gasteiger partial charge < -0.3 is 9.15 Å². The Morgan fingerprint density at radius 1 is 1.07 bits per heavy atom. The monoisotopic (exact) mass is 390 g/mol.